The number of nitrogens with two attached hydrogens (primary N) is 1. The number of ether oxygens (including phenoxy) is 1. The fourth-order valence-electron chi connectivity index (χ4n) is 0.794. The molecule has 1 aromatic carbocycles. The second-order valence-corrected chi connectivity index (χ2v) is 2.36. The number of anilines is 2. The number of halogens is 1. The summed E-state index contributed by atoms with van der Waals surface area (Å²) in [4.78, 5) is 10.7. The topological polar surface area (TPSA) is 64.3 Å². The van der Waals surface area contributed by atoms with Gasteiger partial charge in [-0.2, -0.15) is 0 Å². The second kappa shape index (κ2) is 3.75. The van der Waals surface area contributed by atoms with Gasteiger partial charge < -0.3 is 10.5 Å². The van der Waals surface area contributed by atoms with Crippen LogP contribution >= 0.6 is 0 Å². The van der Waals surface area contributed by atoms with E-state index in [4.69, 9.17) is 5.73 Å². The van der Waals surface area contributed by atoms with E-state index in [-0.39, 0.29) is 5.69 Å². The number of nitrogens with one attached hydrogen (secondary N) is 1. The molecule has 3 N–H and O–H groups in total. The minimum absolute atomic E-state index is 0.0426. The van der Waals surface area contributed by atoms with Crippen LogP contribution in [0.3, 0.4) is 0 Å². The van der Waals surface area contributed by atoms with Crippen LogP contribution in [-0.2, 0) is 4.74 Å². The largest absolute Gasteiger partial charge is 0.453 e. The van der Waals surface area contributed by atoms with Crippen molar-refractivity contribution < 1.29 is 13.9 Å². The predicted octanol–water partition coefficient (Wildman–Crippen LogP) is 1.59. The molecule has 0 radical (unpaired) electrons. The molecule has 1 amide bonds. The van der Waals surface area contributed by atoms with Gasteiger partial charge in [0.1, 0.15) is 5.82 Å². The van der Waals surface area contributed by atoms with Crippen molar-refractivity contribution in [1.82, 2.24) is 0 Å². The van der Waals surface area contributed by atoms with E-state index in [2.05, 4.69) is 10.1 Å². The first-order chi connectivity index (χ1) is 6.13. The summed E-state index contributed by atoms with van der Waals surface area (Å²) in [5, 5.41) is 2.20. The number of rotatable bonds is 1. The monoisotopic (exact) mass is 184 g/mol. The van der Waals surface area contributed by atoms with Crippen LogP contribution in [0.4, 0.5) is 20.6 Å². The number of hydrogen-bond acceptors (Lipinski definition) is 3. The van der Waals surface area contributed by atoms with Crippen molar-refractivity contribution in [1.29, 1.82) is 0 Å². The summed E-state index contributed by atoms with van der Waals surface area (Å²) in [6.45, 7) is 0. The smallest absolute Gasteiger partial charge is 0.411 e. The molecule has 0 spiro atoms. The Labute approximate surface area is 74.5 Å². The van der Waals surface area contributed by atoms with Crippen LogP contribution in [0.2, 0.25) is 0 Å². The van der Waals surface area contributed by atoms with Gasteiger partial charge in [0.05, 0.1) is 12.8 Å². The highest BCUT2D eigenvalue weighted by molar-refractivity contribution is 5.84. The second-order valence-electron chi connectivity index (χ2n) is 2.36. The lowest BCUT2D eigenvalue weighted by Gasteiger charge is -2.04. The minimum Gasteiger partial charge on any atom is -0.453 e. The van der Waals surface area contributed by atoms with Crippen molar-refractivity contribution in [3.63, 3.8) is 0 Å². The molecule has 1 rings (SSSR count). The number of amides is 1. The van der Waals surface area contributed by atoms with Crippen LogP contribution in [0.1, 0.15) is 0 Å². The molecule has 0 aromatic heterocycles. The van der Waals surface area contributed by atoms with Gasteiger partial charge in [0.25, 0.3) is 0 Å². The van der Waals surface area contributed by atoms with Crippen LogP contribution in [0.5, 0.6) is 0 Å². The zero-order valence-corrected chi connectivity index (χ0v) is 7.00. The highest BCUT2D eigenvalue weighted by Crippen LogP contribution is 2.16. The normalized spacial score (nSPS) is 9.38. The maximum absolute atomic E-state index is 13.0. The lowest BCUT2D eigenvalue weighted by atomic mass is 10.3. The molecule has 0 saturated carbocycles. The Morgan fingerprint density at radius 1 is 1.62 bits per heavy atom. The van der Waals surface area contributed by atoms with Gasteiger partial charge in [0.2, 0.25) is 0 Å². The molecule has 13 heavy (non-hydrogen) atoms. The van der Waals surface area contributed by atoms with Gasteiger partial charge >= 0.3 is 6.09 Å². The van der Waals surface area contributed by atoms with E-state index in [0.29, 0.717) is 5.69 Å². The highest BCUT2D eigenvalue weighted by atomic mass is 19.1. The average Bonchev–Trinajstić information content (AvgIpc) is 2.09. The molecule has 0 aliphatic carbocycles. The Kier molecular flexibility index (Phi) is 2.69. The Bertz CT molecular complexity index is 328. The number of hydrogen-bond donors (Lipinski definition) is 2. The molecule has 0 unspecified atom stereocenters. The standard InChI is InChI=1S/C8H9FN2O2/c1-13-8(12)11-7-3-2-5(10)4-6(7)9/h2-4H,10H2,1H3,(H,11,12). The van der Waals surface area contributed by atoms with Crippen LogP contribution in [0, 0.1) is 5.82 Å². The number of methoxy groups -OCH3 is 1. The van der Waals surface area contributed by atoms with Crippen molar-refractivity contribution in [3.05, 3.63) is 24.0 Å². The highest BCUT2D eigenvalue weighted by Gasteiger charge is 2.05. The molecule has 4 nitrogen and oxygen atoms in total. The SMILES string of the molecule is COC(=O)Nc1ccc(N)cc1F. The van der Waals surface area contributed by atoms with Gasteiger partial charge in [-0.15, -0.1) is 0 Å². The van der Waals surface area contributed by atoms with Gasteiger partial charge in [0, 0.05) is 5.69 Å². The lowest BCUT2D eigenvalue weighted by molar-refractivity contribution is 0.187. The van der Waals surface area contributed by atoms with Gasteiger partial charge in [-0.25, -0.2) is 9.18 Å². The maximum Gasteiger partial charge on any atom is 0.411 e. The third-order valence-corrected chi connectivity index (χ3v) is 1.42. The van der Waals surface area contributed by atoms with Gasteiger partial charge in [-0.1, -0.05) is 0 Å². The Morgan fingerprint density at radius 2 is 2.31 bits per heavy atom. The Hall–Kier alpha value is -1.78. The van der Waals surface area contributed by atoms with E-state index in [9.17, 15) is 9.18 Å². The van der Waals surface area contributed by atoms with Crippen molar-refractivity contribution in [3.8, 4) is 0 Å². The molecule has 0 heterocycles. The van der Waals surface area contributed by atoms with Crippen molar-refractivity contribution in [2.75, 3.05) is 18.2 Å². The molecule has 0 aliphatic heterocycles. The summed E-state index contributed by atoms with van der Waals surface area (Å²) >= 11 is 0. The molecule has 70 valence electrons. The first-order valence-corrected chi connectivity index (χ1v) is 3.53. The van der Waals surface area contributed by atoms with E-state index in [1.807, 2.05) is 0 Å². The summed E-state index contributed by atoms with van der Waals surface area (Å²) in [6.07, 6.45) is -0.719. The van der Waals surface area contributed by atoms with E-state index in [1.54, 1.807) is 0 Å². The molecular weight excluding hydrogens is 175 g/mol. The Balaban J connectivity index is 2.83. The third kappa shape index (κ3) is 2.33. The molecular formula is C8H9FN2O2. The number of carbonyl (C=O) groups is 1. The van der Waals surface area contributed by atoms with Crippen LogP contribution in [0.25, 0.3) is 0 Å². The molecule has 0 bridgehead atoms. The van der Waals surface area contributed by atoms with Gasteiger partial charge in [-0.05, 0) is 18.2 Å². The number of benzene rings is 1. The molecule has 5 heteroatoms. The third-order valence-electron chi connectivity index (χ3n) is 1.42. The Morgan fingerprint density at radius 3 is 2.85 bits per heavy atom. The van der Waals surface area contributed by atoms with Crippen molar-refractivity contribution in [2.24, 2.45) is 0 Å². The zero-order valence-electron chi connectivity index (χ0n) is 7.00. The van der Waals surface area contributed by atoms with Crippen molar-refractivity contribution >= 4 is 17.5 Å². The molecule has 0 saturated heterocycles. The van der Waals surface area contributed by atoms with Crippen LogP contribution < -0.4 is 11.1 Å². The minimum atomic E-state index is -0.719. The fourth-order valence-corrected chi connectivity index (χ4v) is 0.794. The predicted molar refractivity (Wildman–Crippen MR) is 46.8 cm³/mol. The molecule has 0 aliphatic rings. The van der Waals surface area contributed by atoms with Crippen LogP contribution in [-0.4, -0.2) is 13.2 Å². The summed E-state index contributed by atoms with van der Waals surface area (Å²) in [5.74, 6) is -0.592. The number of carbonyl (C=O) groups excluding carboxylic acids is 1. The summed E-state index contributed by atoms with van der Waals surface area (Å²) in [7, 11) is 1.20. The summed E-state index contributed by atoms with van der Waals surface area (Å²) < 4.78 is 17.3. The summed E-state index contributed by atoms with van der Waals surface area (Å²) in [5.41, 5.74) is 5.65. The van der Waals surface area contributed by atoms with E-state index < -0.39 is 11.9 Å². The quantitative estimate of drug-likeness (QED) is 0.651. The fraction of sp³-hybridized carbons (Fsp3) is 0.125. The lowest BCUT2D eigenvalue weighted by Crippen LogP contribution is -2.12. The molecule has 0 atom stereocenters. The average molecular weight is 184 g/mol. The van der Waals surface area contributed by atoms with E-state index >= 15 is 0 Å². The molecule has 0 fully saturated rings. The zero-order chi connectivity index (χ0) is 9.84. The molecule has 1 aromatic rings. The maximum atomic E-state index is 13.0. The first kappa shape index (κ1) is 9.31. The van der Waals surface area contributed by atoms with E-state index in [0.717, 1.165) is 6.07 Å². The van der Waals surface area contributed by atoms with Crippen molar-refractivity contribution in [2.45, 2.75) is 0 Å². The van der Waals surface area contributed by atoms with E-state index in [1.165, 1.54) is 19.2 Å². The van der Waals surface area contributed by atoms with Crippen LogP contribution in [0.15, 0.2) is 18.2 Å². The first-order valence-electron chi connectivity index (χ1n) is 3.53. The summed E-state index contributed by atoms with van der Waals surface area (Å²) in [6, 6.07) is 3.96. The number of nitrogen functional groups attached to an aromatic ring is 1. The van der Waals surface area contributed by atoms with Gasteiger partial charge in [-0.3, -0.25) is 5.32 Å². The van der Waals surface area contributed by atoms with Gasteiger partial charge in [0.15, 0.2) is 0 Å².